The quantitative estimate of drug-likeness (QED) is 0.831. The molecular weight excluding hydrogens is 362 g/mol. The molecule has 1 N–H and O–H groups in total. The van der Waals surface area contributed by atoms with Gasteiger partial charge >= 0.3 is 0 Å². The Labute approximate surface area is 155 Å². The molecular formula is C19H19ClF2N2O2. The molecule has 26 heavy (non-hydrogen) atoms. The van der Waals surface area contributed by atoms with Crippen LogP contribution >= 0.6 is 11.6 Å². The largest absolute Gasteiger partial charge is 0.337 e. The molecule has 2 aromatic rings. The first-order chi connectivity index (χ1) is 12.2. The summed E-state index contributed by atoms with van der Waals surface area (Å²) in [5.74, 6) is -2.70. The minimum Gasteiger partial charge on any atom is -0.337 e. The maximum absolute atomic E-state index is 14.3. The second kappa shape index (κ2) is 8.27. The molecule has 138 valence electrons. The molecule has 0 radical (unpaired) electrons. The topological polar surface area (TPSA) is 49.4 Å². The van der Waals surface area contributed by atoms with Gasteiger partial charge in [0.05, 0.1) is 11.3 Å². The Bertz CT molecular complexity index is 820. The van der Waals surface area contributed by atoms with Crippen molar-refractivity contribution in [1.82, 2.24) is 4.90 Å². The normalized spacial score (nSPS) is 10.7. The summed E-state index contributed by atoms with van der Waals surface area (Å²) in [4.78, 5) is 25.8. The summed E-state index contributed by atoms with van der Waals surface area (Å²) in [5.41, 5.74) is -0.0780. The summed E-state index contributed by atoms with van der Waals surface area (Å²) in [5, 5.41) is 2.72. The molecule has 0 unspecified atom stereocenters. The lowest BCUT2D eigenvalue weighted by Gasteiger charge is -2.21. The van der Waals surface area contributed by atoms with Crippen LogP contribution in [-0.2, 0) is 11.3 Å². The predicted molar refractivity (Wildman–Crippen MR) is 97.1 cm³/mol. The van der Waals surface area contributed by atoms with Crippen LogP contribution < -0.4 is 5.32 Å². The van der Waals surface area contributed by atoms with Crippen LogP contribution in [0.5, 0.6) is 0 Å². The van der Waals surface area contributed by atoms with Gasteiger partial charge in [-0.1, -0.05) is 37.6 Å². The summed E-state index contributed by atoms with van der Waals surface area (Å²) in [6.45, 7) is 3.22. The maximum atomic E-state index is 14.3. The van der Waals surface area contributed by atoms with E-state index >= 15 is 0 Å². The fourth-order valence-corrected chi connectivity index (χ4v) is 2.53. The number of halogens is 3. The van der Waals surface area contributed by atoms with Gasteiger partial charge in [0, 0.05) is 30.1 Å². The van der Waals surface area contributed by atoms with Crippen molar-refractivity contribution >= 4 is 29.1 Å². The molecule has 0 saturated carbocycles. The summed E-state index contributed by atoms with van der Waals surface area (Å²) in [6, 6.07) is 8.17. The number of benzene rings is 2. The molecule has 0 bridgehead atoms. The van der Waals surface area contributed by atoms with E-state index in [1.807, 2.05) is 0 Å². The van der Waals surface area contributed by atoms with E-state index in [4.69, 9.17) is 11.6 Å². The van der Waals surface area contributed by atoms with Crippen molar-refractivity contribution in [2.45, 2.75) is 20.4 Å². The van der Waals surface area contributed by atoms with Crippen LogP contribution in [0, 0.1) is 17.6 Å². The minimum absolute atomic E-state index is 0.0696. The second-order valence-corrected chi connectivity index (χ2v) is 6.57. The molecule has 0 atom stereocenters. The van der Waals surface area contributed by atoms with Gasteiger partial charge in [-0.15, -0.1) is 0 Å². The zero-order valence-corrected chi connectivity index (χ0v) is 15.4. The SMILES string of the molecule is CC(C)C(=O)Nc1cccc(F)c1C(=O)N(C)Cc1c(F)cccc1Cl. The van der Waals surface area contributed by atoms with E-state index in [9.17, 15) is 18.4 Å². The van der Waals surface area contributed by atoms with Crippen LogP contribution in [-0.4, -0.2) is 23.8 Å². The van der Waals surface area contributed by atoms with Gasteiger partial charge in [0.2, 0.25) is 5.91 Å². The van der Waals surface area contributed by atoms with Gasteiger partial charge in [-0.2, -0.15) is 0 Å². The lowest BCUT2D eigenvalue weighted by Crippen LogP contribution is -2.29. The molecule has 2 aromatic carbocycles. The number of rotatable bonds is 5. The molecule has 0 saturated heterocycles. The Balaban J connectivity index is 2.32. The number of hydrogen-bond acceptors (Lipinski definition) is 2. The fraction of sp³-hybridized carbons (Fsp3) is 0.263. The number of amides is 2. The smallest absolute Gasteiger partial charge is 0.259 e. The highest BCUT2D eigenvalue weighted by atomic mass is 35.5. The van der Waals surface area contributed by atoms with Gasteiger partial charge in [0.25, 0.3) is 5.91 Å². The van der Waals surface area contributed by atoms with Crippen molar-refractivity contribution in [3.63, 3.8) is 0 Å². The zero-order valence-electron chi connectivity index (χ0n) is 14.6. The van der Waals surface area contributed by atoms with E-state index in [0.29, 0.717) is 0 Å². The highest BCUT2D eigenvalue weighted by Crippen LogP contribution is 2.24. The Morgan fingerprint density at radius 3 is 2.35 bits per heavy atom. The first-order valence-corrected chi connectivity index (χ1v) is 8.38. The van der Waals surface area contributed by atoms with Crippen LogP contribution in [0.25, 0.3) is 0 Å². The molecule has 0 spiro atoms. The van der Waals surface area contributed by atoms with Crippen LogP contribution in [0.3, 0.4) is 0 Å². The third kappa shape index (κ3) is 4.38. The van der Waals surface area contributed by atoms with E-state index in [1.165, 1.54) is 37.4 Å². The molecule has 0 aliphatic heterocycles. The standard InChI is InChI=1S/C19H19ClF2N2O2/c1-11(2)18(25)23-16-9-5-8-15(22)17(16)19(26)24(3)10-12-13(20)6-4-7-14(12)21/h4-9,11H,10H2,1-3H3,(H,23,25). The average molecular weight is 381 g/mol. The number of nitrogens with zero attached hydrogens (tertiary/aromatic N) is 1. The fourth-order valence-electron chi connectivity index (χ4n) is 2.31. The Morgan fingerprint density at radius 2 is 1.73 bits per heavy atom. The monoisotopic (exact) mass is 380 g/mol. The van der Waals surface area contributed by atoms with Gasteiger partial charge in [-0.25, -0.2) is 8.78 Å². The van der Waals surface area contributed by atoms with Crippen LogP contribution in [0.4, 0.5) is 14.5 Å². The van der Waals surface area contributed by atoms with E-state index in [0.717, 1.165) is 11.0 Å². The van der Waals surface area contributed by atoms with Gasteiger partial charge in [0.1, 0.15) is 11.6 Å². The number of carbonyl (C=O) groups excluding carboxylic acids is 2. The maximum Gasteiger partial charge on any atom is 0.259 e. The second-order valence-electron chi connectivity index (χ2n) is 6.17. The Hall–Kier alpha value is -2.47. The molecule has 2 rings (SSSR count). The van der Waals surface area contributed by atoms with E-state index in [2.05, 4.69) is 5.32 Å². The van der Waals surface area contributed by atoms with Crippen LogP contribution in [0.2, 0.25) is 5.02 Å². The van der Waals surface area contributed by atoms with Crippen LogP contribution in [0.1, 0.15) is 29.8 Å². The number of hydrogen-bond donors (Lipinski definition) is 1. The summed E-state index contributed by atoms with van der Waals surface area (Å²) < 4.78 is 28.3. The molecule has 0 fully saturated rings. The minimum atomic E-state index is -0.775. The Kier molecular flexibility index (Phi) is 6.32. The number of anilines is 1. The molecule has 0 aliphatic rings. The predicted octanol–water partition coefficient (Wildman–Crippen LogP) is 4.48. The van der Waals surface area contributed by atoms with E-state index in [-0.39, 0.29) is 40.2 Å². The van der Waals surface area contributed by atoms with E-state index in [1.54, 1.807) is 13.8 Å². The van der Waals surface area contributed by atoms with Gasteiger partial charge in [0.15, 0.2) is 0 Å². The van der Waals surface area contributed by atoms with Gasteiger partial charge in [-0.3, -0.25) is 9.59 Å². The third-order valence-electron chi connectivity index (χ3n) is 3.81. The van der Waals surface area contributed by atoms with Crippen molar-refractivity contribution < 1.29 is 18.4 Å². The molecule has 4 nitrogen and oxygen atoms in total. The zero-order chi connectivity index (χ0) is 19.4. The lowest BCUT2D eigenvalue weighted by atomic mass is 10.1. The van der Waals surface area contributed by atoms with Crippen LogP contribution in [0.15, 0.2) is 36.4 Å². The van der Waals surface area contributed by atoms with Crippen molar-refractivity contribution in [3.8, 4) is 0 Å². The van der Waals surface area contributed by atoms with Crippen molar-refractivity contribution in [2.24, 2.45) is 5.92 Å². The number of carbonyl (C=O) groups is 2. The first kappa shape index (κ1) is 19.8. The lowest BCUT2D eigenvalue weighted by molar-refractivity contribution is -0.118. The molecule has 0 heterocycles. The highest BCUT2D eigenvalue weighted by molar-refractivity contribution is 6.31. The molecule has 7 heteroatoms. The molecule has 2 amide bonds. The Morgan fingerprint density at radius 1 is 1.12 bits per heavy atom. The molecule has 0 aliphatic carbocycles. The summed E-state index contributed by atoms with van der Waals surface area (Å²) >= 11 is 5.98. The molecule has 0 aromatic heterocycles. The van der Waals surface area contributed by atoms with E-state index < -0.39 is 17.5 Å². The van der Waals surface area contributed by atoms with Gasteiger partial charge < -0.3 is 10.2 Å². The van der Waals surface area contributed by atoms with Gasteiger partial charge in [-0.05, 0) is 24.3 Å². The van der Waals surface area contributed by atoms with Crippen molar-refractivity contribution in [2.75, 3.05) is 12.4 Å². The number of nitrogens with one attached hydrogen (secondary N) is 1. The average Bonchev–Trinajstić information content (AvgIpc) is 2.57. The van der Waals surface area contributed by atoms with Crippen molar-refractivity contribution in [1.29, 1.82) is 0 Å². The summed E-state index contributed by atoms with van der Waals surface area (Å²) in [6.07, 6.45) is 0. The third-order valence-corrected chi connectivity index (χ3v) is 4.17. The highest BCUT2D eigenvalue weighted by Gasteiger charge is 2.23. The van der Waals surface area contributed by atoms with Crippen molar-refractivity contribution in [3.05, 3.63) is 64.2 Å². The first-order valence-electron chi connectivity index (χ1n) is 8.00. The summed E-state index contributed by atoms with van der Waals surface area (Å²) in [7, 11) is 1.41.